The van der Waals surface area contributed by atoms with Gasteiger partial charge in [0.25, 0.3) is 0 Å². The molecule has 3 heteroatoms. The Hall–Kier alpha value is -0.120. The summed E-state index contributed by atoms with van der Waals surface area (Å²) in [5.41, 5.74) is 10.6. The molecule has 0 spiro atoms. The summed E-state index contributed by atoms with van der Waals surface area (Å²) in [6.07, 6.45) is 5.86. The molecule has 0 aromatic heterocycles. The van der Waals surface area contributed by atoms with E-state index >= 15 is 0 Å². The Balaban J connectivity index is 2.13. The van der Waals surface area contributed by atoms with Crippen molar-refractivity contribution in [1.82, 2.24) is 0 Å². The lowest BCUT2D eigenvalue weighted by Gasteiger charge is -2.23. The van der Waals surface area contributed by atoms with E-state index in [4.69, 9.17) is 16.2 Å². The minimum absolute atomic E-state index is 0.328. The molecule has 4 N–H and O–H groups in total. The molecule has 1 aliphatic carbocycles. The van der Waals surface area contributed by atoms with Crippen LogP contribution in [0.5, 0.6) is 0 Å². The zero-order valence-electron chi connectivity index (χ0n) is 6.25. The predicted molar refractivity (Wildman–Crippen MR) is 40.1 cm³/mol. The van der Waals surface area contributed by atoms with E-state index in [9.17, 15) is 0 Å². The van der Waals surface area contributed by atoms with Crippen LogP contribution >= 0.6 is 0 Å². The van der Waals surface area contributed by atoms with Crippen molar-refractivity contribution in [2.24, 2.45) is 11.5 Å². The summed E-state index contributed by atoms with van der Waals surface area (Å²) in [5.74, 6) is 0. The maximum absolute atomic E-state index is 5.28. The maximum Gasteiger partial charge on any atom is 0.158 e. The standard InChI is InChI=1S/C7H16N2O/c8-7(9)10-6-4-2-1-3-5-6/h6-7H,1-5,8-9H2. The molecule has 0 amide bonds. The first-order valence-corrected chi connectivity index (χ1v) is 3.95. The predicted octanol–water partition coefficient (Wildman–Crippen LogP) is 0.537. The van der Waals surface area contributed by atoms with Gasteiger partial charge >= 0.3 is 0 Å². The van der Waals surface area contributed by atoms with Crippen molar-refractivity contribution in [2.45, 2.75) is 44.6 Å². The second-order valence-corrected chi connectivity index (χ2v) is 2.86. The highest BCUT2D eigenvalue weighted by molar-refractivity contribution is 4.65. The number of nitrogens with two attached hydrogens (primary N) is 2. The van der Waals surface area contributed by atoms with Crippen molar-refractivity contribution >= 4 is 0 Å². The number of hydrogen-bond acceptors (Lipinski definition) is 3. The zero-order valence-corrected chi connectivity index (χ0v) is 6.25. The average molecular weight is 144 g/mol. The van der Waals surface area contributed by atoms with E-state index in [0.29, 0.717) is 6.10 Å². The molecule has 0 radical (unpaired) electrons. The largest absolute Gasteiger partial charge is 0.347 e. The van der Waals surface area contributed by atoms with Crippen LogP contribution in [0.15, 0.2) is 0 Å². The number of hydrogen-bond donors (Lipinski definition) is 2. The molecule has 1 aliphatic rings. The van der Waals surface area contributed by atoms with Gasteiger partial charge < -0.3 is 4.74 Å². The van der Waals surface area contributed by atoms with E-state index in [1.54, 1.807) is 0 Å². The maximum atomic E-state index is 5.28. The summed E-state index contributed by atoms with van der Waals surface area (Å²) < 4.78 is 5.25. The van der Waals surface area contributed by atoms with Gasteiger partial charge in [-0.15, -0.1) is 0 Å². The van der Waals surface area contributed by atoms with Gasteiger partial charge in [-0.05, 0) is 12.8 Å². The van der Waals surface area contributed by atoms with E-state index < -0.39 is 6.35 Å². The zero-order chi connectivity index (χ0) is 7.40. The Morgan fingerprint density at radius 2 is 1.70 bits per heavy atom. The third-order valence-electron chi connectivity index (χ3n) is 1.90. The smallest absolute Gasteiger partial charge is 0.158 e. The first kappa shape index (κ1) is 7.98. The van der Waals surface area contributed by atoms with Crippen LogP contribution in [0.25, 0.3) is 0 Å². The van der Waals surface area contributed by atoms with Gasteiger partial charge in [-0.3, -0.25) is 11.5 Å². The molecule has 1 saturated carbocycles. The highest BCUT2D eigenvalue weighted by atomic mass is 16.5. The molecule has 0 aromatic carbocycles. The lowest BCUT2D eigenvalue weighted by molar-refractivity contribution is -0.0234. The quantitative estimate of drug-likeness (QED) is 0.556. The molecular weight excluding hydrogens is 128 g/mol. The summed E-state index contributed by atoms with van der Waals surface area (Å²) >= 11 is 0. The van der Waals surface area contributed by atoms with Crippen molar-refractivity contribution in [3.8, 4) is 0 Å². The summed E-state index contributed by atoms with van der Waals surface area (Å²) in [4.78, 5) is 0. The van der Waals surface area contributed by atoms with Crippen LogP contribution in [0.2, 0.25) is 0 Å². The van der Waals surface area contributed by atoms with E-state index in [2.05, 4.69) is 0 Å². The molecule has 0 unspecified atom stereocenters. The average Bonchev–Trinajstić information content (AvgIpc) is 1.88. The van der Waals surface area contributed by atoms with Crippen LogP contribution in [0, 0.1) is 0 Å². The molecule has 10 heavy (non-hydrogen) atoms. The lowest BCUT2D eigenvalue weighted by atomic mass is 9.98. The Kier molecular flexibility index (Phi) is 3.12. The van der Waals surface area contributed by atoms with Crippen molar-refractivity contribution in [3.05, 3.63) is 0 Å². The highest BCUT2D eigenvalue weighted by Gasteiger charge is 2.14. The normalized spacial score (nSPS) is 21.9. The first-order valence-electron chi connectivity index (χ1n) is 3.95. The van der Waals surface area contributed by atoms with Crippen molar-refractivity contribution < 1.29 is 4.74 Å². The van der Waals surface area contributed by atoms with Gasteiger partial charge in [-0.2, -0.15) is 0 Å². The van der Waals surface area contributed by atoms with Gasteiger partial charge in [-0.25, -0.2) is 0 Å². The third-order valence-corrected chi connectivity index (χ3v) is 1.90. The Labute approximate surface area is 61.7 Å². The molecule has 3 nitrogen and oxygen atoms in total. The van der Waals surface area contributed by atoms with Crippen molar-refractivity contribution in [3.63, 3.8) is 0 Å². The minimum atomic E-state index is -0.580. The van der Waals surface area contributed by atoms with E-state index in [-0.39, 0.29) is 0 Å². The molecule has 0 aliphatic heterocycles. The lowest BCUT2D eigenvalue weighted by Crippen LogP contribution is -2.38. The molecule has 0 heterocycles. The van der Waals surface area contributed by atoms with E-state index in [0.717, 1.165) is 12.8 Å². The SMILES string of the molecule is NC(N)OC1CCCCC1. The molecule has 0 bridgehead atoms. The second kappa shape index (κ2) is 3.91. The van der Waals surface area contributed by atoms with E-state index in [1.807, 2.05) is 0 Å². The summed E-state index contributed by atoms with van der Waals surface area (Å²) in [6, 6.07) is 0. The van der Waals surface area contributed by atoms with Crippen LogP contribution in [-0.4, -0.2) is 12.5 Å². The monoisotopic (exact) mass is 144 g/mol. The van der Waals surface area contributed by atoms with Gasteiger partial charge in [0, 0.05) is 0 Å². The summed E-state index contributed by atoms with van der Waals surface area (Å²) in [5, 5.41) is 0. The Bertz CT molecular complexity index is 89.6. The van der Waals surface area contributed by atoms with Gasteiger partial charge in [0.15, 0.2) is 6.35 Å². The fraction of sp³-hybridized carbons (Fsp3) is 1.00. The van der Waals surface area contributed by atoms with Gasteiger partial charge in [0.05, 0.1) is 6.10 Å². The second-order valence-electron chi connectivity index (χ2n) is 2.86. The fourth-order valence-electron chi connectivity index (χ4n) is 1.42. The van der Waals surface area contributed by atoms with Gasteiger partial charge in [-0.1, -0.05) is 19.3 Å². The van der Waals surface area contributed by atoms with Crippen LogP contribution in [-0.2, 0) is 4.74 Å². The number of ether oxygens (including phenoxy) is 1. The molecule has 0 saturated heterocycles. The molecule has 60 valence electrons. The molecular formula is C7H16N2O. The molecule has 1 rings (SSSR count). The van der Waals surface area contributed by atoms with Crippen LogP contribution in [0.1, 0.15) is 32.1 Å². The van der Waals surface area contributed by atoms with Gasteiger partial charge in [0.2, 0.25) is 0 Å². The Morgan fingerprint density at radius 1 is 1.10 bits per heavy atom. The highest BCUT2D eigenvalue weighted by Crippen LogP contribution is 2.19. The molecule has 0 aromatic rings. The van der Waals surface area contributed by atoms with Crippen molar-refractivity contribution in [1.29, 1.82) is 0 Å². The first-order chi connectivity index (χ1) is 4.79. The summed E-state index contributed by atoms with van der Waals surface area (Å²) in [7, 11) is 0. The third kappa shape index (κ3) is 2.64. The molecule has 1 fully saturated rings. The van der Waals surface area contributed by atoms with Crippen LogP contribution < -0.4 is 11.5 Å². The minimum Gasteiger partial charge on any atom is -0.347 e. The summed E-state index contributed by atoms with van der Waals surface area (Å²) in [6.45, 7) is 0. The van der Waals surface area contributed by atoms with Crippen LogP contribution in [0.3, 0.4) is 0 Å². The van der Waals surface area contributed by atoms with E-state index in [1.165, 1.54) is 19.3 Å². The van der Waals surface area contributed by atoms with Crippen LogP contribution in [0.4, 0.5) is 0 Å². The van der Waals surface area contributed by atoms with Crippen molar-refractivity contribution in [2.75, 3.05) is 0 Å². The molecule has 0 atom stereocenters. The fourth-order valence-corrected chi connectivity index (χ4v) is 1.42. The number of rotatable bonds is 2. The Morgan fingerprint density at radius 3 is 2.20 bits per heavy atom. The van der Waals surface area contributed by atoms with Gasteiger partial charge in [0.1, 0.15) is 0 Å². The topological polar surface area (TPSA) is 61.3 Å².